The van der Waals surface area contributed by atoms with Gasteiger partial charge in [0, 0.05) is 42.0 Å². The van der Waals surface area contributed by atoms with E-state index in [1.165, 1.54) is 0 Å². The molecule has 0 amide bonds. The summed E-state index contributed by atoms with van der Waals surface area (Å²) in [5.41, 5.74) is 4.18. The maximum Gasteiger partial charge on any atom is 0.195 e. The molecular weight excluding hydrogens is 397 g/mol. The minimum Gasteiger partial charge on any atom is -0.383 e. The normalized spacial score (nSPS) is 11.4. The highest BCUT2D eigenvalue weighted by atomic mass is 35.5. The van der Waals surface area contributed by atoms with Gasteiger partial charge in [0.25, 0.3) is 0 Å². The van der Waals surface area contributed by atoms with Crippen LogP contribution in [0.15, 0.2) is 72.9 Å². The van der Waals surface area contributed by atoms with Crippen LogP contribution in [-0.4, -0.2) is 24.8 Å². The minimum atomic E-state index is -0.241. The fourth-order valence-corrected chi connectivity index (χ4v) is 3.47. The number of hydrogen-bond donors (Lipinski definition) is 0. The Morgan fingerprint density at radius 1 is 0.967 bits per heavy atom. The van der Waals surface area contributed by atoms with Crippen LogP contribution in [0.5, 0.6) is 0 Å². The molecule has 3 rings (SSSR count). The zero-order chi connectivity index (χ0) is 21.7. The van der Waals surface area contributed by atoms with E-state index >= 15 is 0 Å². The van der Waals surface area contributed by atoms with Gasteiger partial charge in [-0.05, 0) is 41.3 Å². The van der Waals surface area contributed by atoms with E-state index in [1.807, 2.05) is 43.3 Å². The summed E-state index contributed by atoms with van der Waals surface area (Å²) in [6.07, 6.45) is 3.63. The number of hydrogen-bond acceptors (Lipinski definition) is 2. The Hall–Kier alpha value is -2.91. The highest BCUT2D eigenvalue weighted by Crippen LogP contribution is 2.27. The number of nitrogens with zero attached hydrogens (tertiary/aromatic N) is 1. The van der Waals surface area contributed by atoms with E-state index in [9.17, 15) is 9.18 Å². The summed E-state index contributed by atoms with van der Waals surface area (Å²) in [6.45, 7) is 2.07. The zero-order valence-electron chi connectivity index (χ0n) is 17.5. The van der Waals surface area contributed by atoms with Crippen molar-refractivity contribution in [3.05, 3.63) is 100 Å². The topological polar surface area (TPSA) is 20.3 Å². The van der Waals surface area contributed by atoms with Crippen LogP contribution in [-0.2, 0) is 6.42 Å². The molecule has 0 bridgehead atoms. The Kier molecular flexibility index (Phi) is 7.07. The van der Waals surface area contributed by atoms with Crippen LogP contribution < -0.4 is 0 Å². The maximum atomic E-state index is 14.6. The summed E-state index contributed by atoms with van der Waals surface area (Å²) in [6, 6.07) is 19.6. The number of ketones is 1. The van der Waals surface area contributed by atoms with Crippen LogP contribution in [0.3, 0.4) is 0 Å². The second-order valence-corrected chi connectivity index (χ2v) is 7.92. The van der Waals surface area contributed by atoms with Gasteiger partial charge in [0.1, 0.15) is 5.82 Å². The van der Waals surface area contributed by atoms with Gasteiger partial charge in [-0.25, -0.2) is 4.39 Å². The van der Waals surface area contributed by atoms with Gasteiger partial charge in [-0.3, -0.25) is 4.79 Å². The fraction of sp³-hybridized carbons (Fsp3) is 0.192. The molecule has 0 N–H and O–H groups in total. The first-order valence-electron chi connectivity index (χ1n) is 9.96. The summed E-state index contributed by atoms with van der Waals surface area (Å²) in [5, 5.41) is 0.617. The predicted octanol–water partition coefficient (Wildman–Crippen LogP) is 6.88. The lowest BCUT2D eigenvalue weighted by molar-refractivity contribution is 0.105. The number of halogens is 2. The number of aryl methyl sites for hydroxylation is 1. The van der Waals surface area contributed by atoms with E-state index in [0.29, 0.717) is 21.7 Å². The Morgan fingerprint density at radius 2 is 1.60 bits per heavy atom. The summed E-state index contributed by atoms with van der Waals surface area (Å²) in [5.74, 6) is -0.342. The van der Waals surface area contributed by atoms with E-state index < -0.39 is 0 Å². The molecule has 0 aliphatic carbocycles. The third-order valence-corrected chi connectivity index (χ3v) is 5.07. The van der Waals surface area contributed by atoms with E-state index in [0.717, 1.165) is 29.5 Å². The fourth-order valence-electron chi connectivity index (χ4n) is 3.35. The summed E-state index contributed by atoms with van der Waals surface area (Å²) in [7, 11) is 3.74. The summed E-state index contributed by atoms with van der Waals surface area (Å²) in [4.78, 5) is 15.0. The lowest BCUT2D eigenvalue weighted by atomic mass is 9.95. The Bertz CT molecular complexity index is 1050. The first kappa shape index (κ1) is 21.8. The highest BCUT2D eigenvalue weighted by Gasteiger charge is 2.16. The number of Topliss-reactive ketones (excluding diaryl/α,β-unsaturated/α-hetero) is 1. The SMILES string of the molecule is CCCc1ccc(-c2ccc(C(=O)C(=CN(C)C)c3ccc(Cl)cc3)cc2)c(F)c1. The standard InChI is InChI=1S/C26H25ClFNO/c1-4-5-18-6-15-23(25(28)16-18)19-7-9-21(10-8-19)26(30)24(17-29(2)3)20-11-13-22(27)14-12-20/h6-17H,4-5H2,1-3H3. The van der Waals surface area contributed by atoms with Gasteiger partial charge >= 0.3 is 0 Å². The Morgan fingerprint density at radius 3 is 2.17 bits per heavy atom. The number of rotatable bonds is 7. The number of carbonyl (C=O) groups is 1. The van der Waals surface area contributed by atoms with Crippen LogP contribution in [0.2, 0.25) is 5.02 Å². The van der Waals surface area contributed by atoms with Crippen LogP contribution in [0.25, 0.3) is 16.7 Å². The third-order valence-electron chi connectivity index (χ3n) is 4.82. The van der Waals surface area contributed by atoms with Crippen molar-refractivity contribution in [2.75, 3.05) is 14.1 Å². The van der Waals surface area contributed by atoms with Crippen LogP contribution in [0.1, 0.15) is 34.8 Å². The molecule has 0 aliphatic heterocycles. The van der Waals surface area contributed by atoms with E-state index in [-0.39, 0.29) is 11.6 Å². The molecule has 30 heavy (non-hydrogen) atoms. The molecule has 3 aromatic rings. The van der Waals surface area contributed by atoms with Crippen LogP contribution in [0.4, 0.5) is 4.39 Å². The van der Waals surface area contributed by atoms with Crippen molar-refractivity contribution in [1.82, 2.24) is 4.90 Å². The maximum absolute atomic E-state index is 14.6. The number of carbonyl (C=O) groups excluding carboxylic acids is 1. The predicted molar refractivity (Wildman–Crippen MR) is 123 cm³/mol. The molecule has 0 radical (unpaired) electrons. The van der Waals surface area contributed by atoms with E-state index in [1.54, 1.807) is 48.7 Å². The zero-order valence-corrected chi connectivity index (χ0v) is 18.2. The lowest BCUT2D eigenvalue weighted by Crippen LogP contribution is -2.09. The molecule has 0 atom stereocenters. The van der Waals surface area contributed by atoms with Gasteiger partial charge in [-0.1, -0.05) is 73.5 Å². The molecule has 0 spiro atoms. The van der Waals surface area contributed by atoms with E-state index in [4.69, 9.17) is 11.6 Å². The van der Waals surface area contributed by atoms with Gasteiger partial charge < -0.3 is 4.90 Å². The average molecular weight is 422 g/mol. The molecule has 0 fully saturated rings. The first-order chi connectivity index (χ1) is 14.4. The number of benzene rings is 3. The van der Waals surface area contributed by atoms with E-state index in [2.05, 4.69) is 6.92 Å². The minimum absolute atomic E-state index is 0.101. The molecule has 0 unspecified atom stereocenters. The van der Waals surface area contributed by atoms with Gasteiger partial charge in [-0.15, -0.1) is 0 Å². The van der Waals surface area contributed by atoms with Gasteiger partial charge in [0.15, 0.2) is 5.78 Å². The second kappa shape index (κ2) is 9.73. The van der Waals surface area contributed by atoms with Crippen molar-refractivity contribution in [2.24, 2.45) is 0 Å². The van der Waals surface area contributed by atoms with Crippen LogP contribution in [0, 0.1) is 5.82 Å². The molecule has 154 valence electrons. The molecular formula is C26H25ClFNO. The van der Waals surface area contributed by atoms with Gasteiger partial charge in [0.2, 0.25) is 0 Å². The monoisotopic (exact) mass is 421 g/mol. The van der Waals surface area contributed by atoms with Crippen molar-refractivity contribution in [1.29, 1.82) is 0 Å². The molecule has 4 heteroatoms. The molecule has 0 aromatic heterocycles. The largest absolute Gasteiger partial charge is 0.383 e. The smallest absolute Gasteiger partial charge is 0.195 e. The highest BCUT2D eigenvalue weighted by molar-refractivity contribution is 6.31. The summed E-state index contributed by atoms with van der Waals surface area (Å²) < 4.78 is 14.6. The quantitative estimate of drug-likeness (QED) is 0.306. The van der Waals surface area contributed by atoms with Crippen molar-refractivity contribution in [2.45, 2.75) is 19.8 Å². The molecule has 3 aromatic carbocycles. The van der Waals surface area contributed by atoms with Crippen molar-refractivity contribution >= 4 is 23.0 Å². The second-order valence-electron chi connectivity index (χ2n) is 7.48. The van der Waals surface area contributed by atoms with Crippen molar-refractivity contribution < 1.29 is 9.18 Å². The first-order valence-corrected chi connectivity index (χ1v) is 10.3. The van der Waals surface area contributed by atoms with Crippen molar-refractivity contribution in [3.8, 4) is 11.1 Å². The molecule has 0 saturated carbocycles. The molecule has 0 aliphatic rings. The Balaban J connectivity index is 1.90. The molecule has 0 saturated heterocycles. The average Bonchev–Trinajstić information content (AvgIpc) is 2.73. The van der Waals surface area contributed by atoms with Gasteiger partial charge in [0.05, 0.1) is 0 Å². The molecule has 0 heterocycles. The van der Waals surface area contributed by atoms with Crippen molar-refractivity contribution in [3.63, 3.8) is 0 Å². The lowest BCUT2D eigenvalue weighted by Gasteiger charge is -2.13. The molecule has 2 nitrogen and oxygen atoms in total. The van der Waals surface area contributed by atoms with Gasteiger partial charge in [-0.2, -0.15) is 0 Å². The number of allylic oxidation sites excluding steroid dienone is 1. The third kappa shape index (κ3) is 5.17. The van der Waals surface area contributed by atoms with Crippen LogP contribution >= 0.6 is 11.6 Å². The Labute approximate surface area is 182 Å². The summed E-state index contributed by atoms with van der Waals surface area (Å²) >= 11 is 5.99.